The predicted molar refractivity (Wildman–Crippen MR) is 104 cm³/mol. The van der Waals surface area contributed by atoms with Gasteiger partial charge < -0.3 is 15.0 Å². The summed E-state index contributed by atoms with van der Waals surface area (Å²) >= 11 is 0. The first-order valence-corrected chi connectivity index (χ1v) is 8.99. The number of fused-ring (bicyclic) bond motifs is 3. The Balaban J connectivity index is 1.94. The number of rotatable bonds is 2. The Labute approximate surface area is 149 Å². The maximum Gasteiger partial charge on any atom is 0.124 e. The molecule has 0 radical (unpaired) electrons. The van der Waals surface area contributed by atoms with Crippen LogP contribution in [-0.2, 0) is 6.42 Å². The molecule has 1 unspecified atom stereocenters. The van der Waals surface area contributed by atoms with Gasteiger partial charge in [-0.1, -0.05) is 12.1 Å². The van der Waals surface area contributed by atoms with Gasteiger partial charge in [0, 0.05) is 28.7 Å². The third-order valence-corrected chi connectivity index (χ3v) is 5.55. The second-order valence-corrected chi connectivity index (χ2v) is 7.34. The lowest BCUT2D eigenvalue weighted by Gasteiger charge is -2.27. The van der Waals surface area contributed by atoms with Gasteiger partial charge in [-0.2, -0.15) is 0 Å². The molecule has 1 atom stereocenters. The van der Waals surface area contributed by atoms with E-state index in [9.17, 15) is 0 Å². The van der Waals surface area contributed by atoms with Crippen LogP contribution in [0.3, 0.4) is 0 Å². The smallest absolute Gasteiger partial charge is 0.124 e. The van der Waals surface area contributed by atoms with E-state index in [0.717, 1.165) is 18.7 Å². The topological polar surface area (TPSA) is 37.0 Å². The SMILES string of the molecule is COc1cc(C)c(C)cc1C1NCCc2c1[nH]c1cc(C)cc(C)c21. The standard InChI is InChI=1S/C22H26N2O/c1-12-8-15(4)20-16-6-7-23-21(22(16)24-18(20)9-12)17-10-13(2)14(3)11-19(17)25-5/h8-11,21,23-24H,6-7H2,1-5H3. The molecule has 3 nitrogen and oxygen atoms in total. The fourth-order valence-electron chi connectivity index (χ4n) is 4.25. The molecular formula is C22H26N2O. The molecule has 2 heterocycles. The van der Waals surface area contributed by atoms with E-state index in [2.05, 4.69) is 62.3 Å². The van der Waals surface area contributed by atoms with Crippen LogP contribution in [0.5, 0.6) is 5.75 Å². The van der Waals surface area contributed by atoms with E-state index in [1.165, 1.54) is 50.0 Å². The van der Waals surface area contributed by atoms with E-state index in [1.807, 2.05) is 0 Å². The van der Waals surface area contributed by atoms with Gasteiger partial charge in [0.15, 0.2) is 0 Å². The van der Waals surface area contributed by atoms with E-state index >= 15 is 0 Å². The van der Waals surface area contributed by atoms with Crippen molar-refractivity contribution in [3.63, 3.8) is 0 Å². The molecule has 2 N–H and O–H groups in total. The summed E-state index contributed by atoms with van der Waals surface area (Å²) in [6, 6.07) is 9.10. The average Bonchev–Trinajstić information content (AvgIpc) is 2.95. The van der Waals surface area contributed by atoms with E-state index < -0.39 is 0 Å². The average molecular weight is 334 g/mol. The summed E-state index contributed by atoms with van der Waals surface area (Å²) in [6.45, 7) is 9.66. The van der Waals surface area contributed by atoms with Crippen LogP contribution in [-0.4, -0.2) is 18.6 Å². The quantitative estimate of drug-likeness (QED) is 0.716. The second kappa shape index (κ2) is 5.92. The van der Waals surface area contributed by atoms with Crippen LogP contribution in [0.4, 0.5) is 0 Å². The Morgan fingerprint density at radius 3 is 2.48 bits per heavy atom. The highest BCUT2D eigenvalue weighted by Crippen LogP contribution is 2.39. The number of aromatic nitrogens is 1. The third kappa shape index (κ3) is 2.54. The van der Waals surface area contributed by atoms with Gasteiger partial charge in [-0.25, -0.2) is 0 Å². The van der Waals surface area contributed by atoms with E-state index in [1.54, 1.807) is 7.11 Å². The summed E-state index contributed by atoms with van der Waals surface area (Å²) in [4.78, 5) is 3.71. The number of H-pyrrole nitrogens is 1. The van der Waals surface area contributed by atoms with Crippen LogP contribution < -0.4 is 10.1 Å². The highest BCUT2D eigenvalue weighted by molar-refractivity contribution is 5.89. The minimum atomic E-state index is 0.144. The first-order valence-electron chi connectivity index (χ1n) is 8.99. The minimum Gasteiger partial charge on any atom is -0.496 e. The lowest BCUT2D eigenvalue weighted by Crippen LogP contribution is -2.30. The monoisotopic (exact) mass is 334 g/mol. The fraction of sp³-hybridized carbons (Fsp3) is 0.364. The van der Waals surface area contributed by atoms with Crippen molar-refractivity contribution < 1.29 is 4.74 Å². The molecule has 0 aliphatic carbocycles. The number of benzene rings is 2. The lowest BCUT2D eigenvalue weighted by molar-refractivity contribution is 0.401. The van der Waals surface area contributed by atoms with Crippen molar-refractivity contribution in [2.75, 3.05) is 13.7 Å². The largest absolute Gasteiger partial charge is 0.496 e. The van der Waals surface area contributed by atoms with Gasteiger partial charge in [-0.05, 0) is 74.1 Å². The van der Waals surface area contributed by atoms with Crippen LogP contribution in [0.2, 0.25) is 0 Å². The van der Waals surface area contributed by atoms with Gasteiger partial charge in [0.2, 0.25) is 0 Å². The molecule has 0 bridgehead atoms. The van der Waals surface area contributed by atoms with Crippen molar-refractivity contribution in [2.45, 2.75) is 40.2 Å². The normalized spacial score (nSPS) is 16.9. The van der Waals surface area contributed by atoms with Gasteiger partial charge in [0.1, 0.15) is 5.75 Å². The Morgan fingerprint density at radius 2 is 1.72 bits per heavy atom. The molecule has 4 rings (SSSR count). The van der Waals surface area contributed by atoms with Gasteiger partial charge in [-0.3, -0.25) is 0 Å². The van der Waals surface area contributed by atoms with Crippen molar-refractivity contribution >= 4 is 10.9 Å². The van der Waals surface area contributed by atoms with Crippen molar-refractivity contribution in [3.05, 3.63) is 63.3 Å². The zero-order chi connectivity index (χ0) is 17.7. The molecule has 130 valence electrons. The van der Waals surface area contributed by atoms with Crippen LogP contribution in [0.25, 0.3) is 10.9 Å². The van der Waals surface area contributed by atoms with E-state index in [-0.39, 0.29) is 6.04 Å². The van der Waals surface area contributed by atoms with Crippen LogP contribution in [0.15, 0.2) is 24.3 Å². The van der Waals surface area contributed by atoms with Crippen LogP contribution in [0.1, 0.15) is 45.1 Å². The maximum absolute atomic E-state index is 5.71. The molecular weight excluding hydrogens is 308 g/mol. The second-order valence-electron chi connectivity index (χ2n) is 7.34. The van der Waals surface area contributed by atoms with Crippen molar-refractivity contribution in [1.29, 1.82) is 0 Å². The Kier molecular flexibility index (Phi) is 3.84. The first-order chi connectivity index (χ1) is 12.0. The maximum atomic E-state index is 5.71. The van der Waals surface area contributed by atoms with Gasteiger partial charge >= 0.3 is 0 Å². The summed E-state index contributed by atoms with van der Waals surface area (Å²) in [5, 5.41) is 5.09. The number of hydrogen-bond donors (Lipinski definition) is 2. The number of aromatic amines is 1. The fourth-order valence-corrected chi connectivity index (χ4v) is 4.25. The predicted octanol–water partition coefficient (Wildman–Crippen LogP) is 4.65. The Hall–Kier alpha value is -2.26. The summed E-state index contributed by atoms with van der Waals surface area (Å²) in [5.74, 6) is 0.958. The summed E-state index contributed by atoms with van der Waals surface area (Å²) in [5.41, 5.74) is 10.4. The van der Waals surface area contributed by atoms with Crippen LogP contribution >= 0.6 is 0 Å². The molecule has 1 aliphatic rings. The molecule has 0 saturated carbocycles. The number of ether oxygens (including phenoxy) is 1. The zero-order valence-corrected chi connectivity index (χ0v) is 15.7. The minimum absolute atomic E-state index is 0.144. The van der Waals surface area contributed by atoms with E-state index in [0.29, 0.717) is 0 Å². The summed E-state index contributed by atoms with van der Waals surface area (Å²) < 4.78 is 5.71. The Morgan fingerprint density at radius 1 is 0.960 bits per heavy atom. The molecule has 0 fully saturated rings. The van der Waals surface area contributed by atoms with Crippen molar-refractivity contribution in [1.82, 2.24) is 10.3 Å². The molecule has 0 saturated heterocycles. The highest BCUT2D eigenvalue weighted by atomic mass is 16.5. The number of hydrogen-bond acceptors (Lipinski definition) is 2. The first kappa shape index (κ1) is 16.2. The van der Waals surface area contributed by atoms with Crippen LogP contribution in [0, 0.1) is 27.7 Å². The van der Waals surface area contributed by atoms with E-state index in [4.69, 9.17) is 4.74 Å². The number of aryl methyl sites for hydroxylation is 4. The van der Waals surface area contributed by atoms with Crippen molar-refractivity contribution in [2.24, 2.45) is 0 Å². The summed E-state index contributed by atoms with van der Waals surface area (Å²) in [7, 11) is 1.76. The molecule has 25 heavy (non-hydrogen) atoms. The molecule has 3 aromatic rings. The lowest BCUT2D eigenvalue weighted by atomic mass is 9.91. The Bertz CT molecular complexity index is 968. The molecule has 0 spiro atoms. The summed E-state index contributed by atoms with van der Waals surface area (Å²) in [6.07, 6.45) is 1.06. The van der Waals surface area contributed by atoms with Crippen molar-refractivity contribution in [3.8, 4) is 5.75 Å². The molecule has 1 aromatic heterocycles. The molecule has 0 amide bonds. The molecule has 1 aliphatic heterocycles. The van der Waals surface area contributed by atoms with Gasteiger partial charge in [0.05, 0.1) is 13.2 Å². The number of nitrogens with one attached hydrogen (secondary N) is 2. The molecule has 2 aromatic carbocycles. The molecule has 3 heteroatoms. The third-order valence-electron chi connectivity index (χ3n) is 5.55. The zero-order valence-electron chi connectivity index (χ0n) is 15.7. The van der Waals surface area contributed by atoms with Gasteiger partial charge in [-0.15, -0.1) is 0 Å². The highest BCUT2D eigenvalue weighted by Gasteiger charge is 2.28. The van der Waals surface area contributed by atoms with Gasteiger partial charge in [0.25, 0.3) is 0 Å². The number of methoxy groups -OCH3 is 1.